The van der Waals surface area contributed by atoms with Crippen molar-refractivity contribution in [3.05, 3.63) is 518 Å². The largest absolute Gasteiger partial charge is 0.361 e. The average molecular weight is 1970 g/mol. The van der Waals surface area contributed by atoms with E-state index >= 15 is 0 Å². The van der Waals surface area contributed by atoms with E-state index in [1.807, 2.05) is 27.6 Å². The SMILES string of the molecule is Brc1nccnc1-n1ccc2c1-c1ccccc1C21c2ccccc2-c2ccccc21.Brc1nccnc1Br.C.C.C.C.c1ccc2c(c1)-c1ccccc1C21c2ccccc2-c2[nH]ccc21.c1ccc2c(c1)-c1ccccc1C21c2ccccc2-c2c1cc1c3nccn3c3nccnc3n21.c1ccc2c(c1)-c1ccccc1C21c2ccccc2-c2c1ccn2-c1nccnc1-n1ccnc1. The number of hydrogen-bond donors (Lipinski definition) is 1. The van der Waals surface area contributed by atoms with Crippen LogP contribution in [-0.2, 0) is 21.7 Å². The molecule has 0 aliphatic heterocycles. The van der Waals surface area contributed by atoms with Gasteiger partial charge in [-0.2, -0.15) is 0 Å². The van der Waals surface area contributed by atoms with Crippen LogP contribution < -0.4 is 0 Å². The van der Waals surface area contributed by atoms with Crippen LogP contribution >= 0.6 is 47.8 Å². The van der Waals surface area contributed by atoms with Crippen molar-refractivity contribution in [2.75, 3.05) is 0 Å². The Labute approximate surface area is 817 Å². The number of nitrogens with zero attached hydrogens (tertiary/aromatic N) is 15. The summed E-state index contributed by atoms with van der Waals surface area (Å²) in [5.41, 5.74) is 44.1. The van der Waals surface area contributed by atoms with Crippen LogP contribution in [0.5, 0.6) is 0 Å². The van der Waals surface area contributed by atoms with Gasteiger partial charge in [0.05, 0.1) is 50.0 Å². The maximum absolute atomic E-state index is 4.82. The van der Waals surface area contributed by atoms with E-state index in [0.717, 1.165) is 59.4 Å². The Morgan fingerprint density at radius 3 is 0.949 bits per heavy atom. The molecule has 0 radical (unpaired) electrons. The Balaban J connectivity index is 0.0000000994. The maximum Gasteiger partial charge on any atom is 0.182 e. The first-order valence-corrected chi connectivity index (χ1v) is 46.5. The molecule has 0 unspecified atom stereocenters. The summed E-state index contributed by atoms with van der Waals surface area (Å²) in [6, 6.07) is 115. The Morgan fingerprint density at radius 2 is 0.547 bits per heavy atom. The van der Waals surface area contributed by atoms with Crippen molar-refractivity contribution < 1.29 is 0 Å². The molecule has 0 fully saturated rings. The van der Waals surface area contributed by atoms with Crippen LogP contribution in [0.4, 0.5) is 0 Å². The van der Waals surface area contributed by atoms with Crippen molar-refractivity contribution >= 4 is 70.2 Å². The number of rotatable bonds is 3. The first-order valence-electron chi connectivity index (χ1n) is 44.1. The molecule has 1 N–H and O–H groups in total. The minimum Gasteiger partial charge on any atom is -0.361 e. The molecule has 11 heterocycles. The van der Waals surface area contributed by atoms with Crippen molar-refractivity contribution in [1.29, 1.82) is 0 Å². The molecule has 0 atom stereocenters. The average Bonchev–Trinajstić information content (AvgIpc) is 1.48. The Hall–Kier alpha value is -16.1. The van der Waals surface area contributed by atoms with Crippen LogP contribution in [-0.4, -0.2) is 77.3 Å². The van der Waals surface area contributed by atoms with Gasteiger partial charge in [0.1, 0.15) is 20.1 Å². The minimum absolute atomic E-state index is 0. The van der Waals surface area contributed by atoms with Gasteiger partial charge in [0.15, 0.2) is 34.4 Å². The predicted octanol–water partition coefficient (Wildman–Crippen LogP) is 27.9. The molecule has 31 rings (SSSR count). The van der Waals surface area contributed by atoms with Crippen molar-refractivity contribution in [1.82, 2.24) is 77.3 Å². The monoisotopic (exact) mass is 1960 g/mol. The number of fused-ring (bicyclic) bond motifs is 47. The van der Waals surface area contributed by atoms with Gasteiger partial charge in [-0.25, -0.2) is 49.8 Å². The minimum atomic E-state index is -0.386. The zero-order valence-corrected chi connectivity index (χ0v) is 75.4. The van der Waals surface area contributed by atoms with Crippen molar-refractivity contribution in [2.24, 2.45) is 0 Å². The molecular formula is C118H85Br3N16. The molecule has 0 saturated heterocycles. The Kier molecular flexibility index (Phi) is 20.3. The standard InChI is InChI=1S/C30H17N5.C30H19N5.C27H16BrN3.C23H15N.C4H2Br2N2.4CH4/c1-4-10-21-18(7-1)19-8-2-5-11-22(19)30(21)23-12-6-3-9-20(23)26-24(30)17-25-27-33-15-16-34(27)28-29(35(25)26)32-14-13-31-28;1-4-10-23-20(7-1)21-8-2-5-11-24(21)30(23)25-12-6-3-9-22(25)27-26(30)13-17-35(27)29-28(32-14-15-33-29)34-18-16-31-19-34;28-25-26(30-15-14-29-25)31-16-13-23-24(31)19-9-3-6-12-22(19)27(23)20-10-4-1-7-17(20)18-8-2-5-11-21(18)27;1-4-10-18-15(7-1)16-8-2-5-11-19(16)23(18)20-12-6-3-9-17(20)22-21(23)13-14-24-22;5-3-4(6)8-2-1-7-3;;;;/h1-17H;1-19H;1-16H;1-14,24H;1-2H;4*1H4. The lowest BCUT2D eigenvalue weighted by atomic mass is 9.71. The normalized spacial score (nSPS) is 13.7. The van der Waals surface area contributed by atoms with Gasteiger partial charge in [-0.05, 0) is 206 Å². The van der Waals surface area contributed by atoms with Crippen LogP contribution in [0, 0.1) is 0 Å². The van der Waals surface area contributed by atoms with Crippen molar-refractivity contribution in [3.63, 3.8) is 0 Å². The summed E-state index contributed by atoms with van der Waals surface area (Å²) in [5, 5.41) is 0. The first kappa shape index (κ1) is 85.2. The lowest BCUT2D eigenvalue weighted by Crippen LogP contribution is -2.25. The van der Waals surface area contributed by atoms with E-state index in [9.17, 15) is 0 Å². The fraction of sp³-hybridized carbons (Fsp3) is 0.0678. The van der Waals surface area contributed by atoms with E-state index in [1.54, 1.807) is 62.1 Å². The van der Waals surface area contributed by atoms with E-state index in [1.165, 1.54) is 173 Å². The van der Waals surface area contributed by atoms with Gasteiger partial charge >= 0.3 is 0 Å². The molecule has 0 bridgehead atoms. The second-order valence-electron chi connectivity index (χ2n) is 34.1. The van der Waals surface area contributed by atoms with E-state index in [-0.39, 0.29) is 51.4 Å². The van der Waals surface area contributed by atoms with Crippen LogP contribution in [0.25, 0.3) is 129 Å². The Morgan fingerprint density at radius 1 is 0.234 bits per heavy atom. The molecule has 0 saturated carbocycles. The number of aromatic nitrogens is 16. The zero-order valence-electron chi connectivity index (χ0n) is 70.6. The number of hydrogen-bond acceptors (Lipinski definition) is 10. The van der Waals surface area contributed by atoms with Gasteiger partial charge in [0, 0.05) is 115 Å². The lowest BCUT2D eigenvalue weighted by molar-refractivity contribution is 0.795. The lowest BCUT2D eigenvalue weighted by Gasteiger charge is -2.29. The summed E-state index contributed by atoms with van der Waals surface area (Å²) < 4.78 is 12.8. The molecule has 0 amide bonds. The fourth-order valence-corrected chi connectivity index (χ4v) is 24.7. The smallest absolute Gasteiger partial charge is 0.182 e. The van der Waals surface area contributed by atoms with E-state index < -0.39 is 0 Å². The molecule has 16 nitrogen and oxygen atoms in total. The molecule has 658 valence electrons. The van der Waals surface area contributed by atoms with Gasteiger partial charge in [-0.15, -0.1) is 0 Å². The molecule has 19 heteroatoms. The second kappa shape index (κ2) is 32.7. The summed E-state index contributed by atoms with van der Waals surface area (Å²) >= 11 is 9.95. The number of H-pyrrole nitrogens is 1. The van der Waals surface area contributed by atoms with Gasteiger partial charge in [-0.3, -0.25) is 22.5 Å². The van der Waals surface area contributed by atoms with Crippen LogP contribution in [0.15, 0.2) is 429 Å². The summed E-state index contributed by atoms with van der Waals surface area (Å²) in [6.07, 6.45) is 29.2. The van der Waals surface area contributed by atoms with Gasteiger partial charge in [-0.1, -0.05) is 321 Å². The third-order valence-corrected chi connectivity index (χ3v) is 30.6. The summed E-state index contributed by atoms with van der Waals surface area (Å²) in [6.45, 7) is 0. The third-order valence-electron chi connectivity index (χ3n) is 28.4. The van der Waals surface area contributed by atoms with Gasteiger partial charge in [0.25, 0.3) is 0 Å². The number of halogens is 3. The highest BCUT2D eigenvalue weighted by molar-refractivity contribution is 9.13. The maximum atomic E-state index is 4.82. The highest BCUT2D eigenvalue weighted by Gasteiger charge is 2.58. The predicted molar refractivity (Wildman–Crippen MR) is 557 cm³/mol. The van der Waals surface area contributed by atoms with E-state index in [4.69, 9.17) is 19.9 Å². The number of aromatic amines is 1. The zero-order chi connectivity index (χ0) is 88.0. The molecule has 12 aromatic carbocycles. The molecule has 11 aromatic heterocycles. The number of imidazole rings is 2. The highest BCUT2D eigenvalue weighted by Crippen LogP contribution is 2.68. The molecule has 8 aliphatic rings. The molecule has 23 aromatic rings. The van der Waals surface area contributed by atoms with Gasteiger partial charge in [0.2, 0.25) is 0 Å². The fourth-order valence-electron chi connectivity index (χ4n) is 23.8. The molecule has 8 aliphatic carbocycles. The van der Waals surface area contributed by atoms with Crippen LogP contribution in [0.3, 0.4) is 0 Å². The van der Waals surface area contributed by atoms with Crippen molar-refractivity contribution in [2.45, 2.75) is 51.4 Å². The molecule has 137 heavy (non-hydrogen) atoms. The van der Waals surface area contributed by atoms with E-state index in [0.29, 0.717) is 0 Å². The number of benzene rings is 12. The third kappa shape index (κ3) is 11.5. The second-order valence-corrected chi connectivity index (χ2v) is 36.4. The van der Waals surface area contributed by atoms with E-state index in [2.05, 4.69) is 430 Å². The summed E-state index contributed by atoms with van der Waals surface area (Å²) in [7, 11) is 0. The summed E-state index contributed by atoms with van der Waals surface area (Å²) in [4.78, 5) is 48.2. The number of nitrogens with one attached hydrogen (secondary N) is 1. The molecular weight excluding hydrogens is 1880 g/mol. The Bertz CT molecular complexity index is 8590. The topological polar surface area (TPSA) is 168 Å². The molecule has 4 spiro atoms. The van der Waals surface area contributed by atoms with Gasteiger partial charge < -0.3 is 4.98 Å². The summed E-state index contributed by atoms with van der Waals surface area (Å²) in [5.74, 6) is 2.32. The first-order chi connectivity index (χ1) is 65.8. The van der Waals surface area contributed by atoms with Crippen LogP contribution in [0.2, 0.25) is 0 Å². The quantitative estimate of drug-likeness (QED) is 0.180. The van der Waals surface area contributed by atoms with Crippen LogP contribution in [0.1, 0.15) is 119 Å². The highest BCUT2D eigenvalue weighted by atomic mass is 79.9. The van der Waals surface area contributed by atoms with Crippen molar-refractivity contribution in [3.8, 4) is 107 Å².